The third-order valence-electron chi connectivity index (χ3n) is 2.60. The molecule has 0 amide bonds. The maximum absolute atomic E-state index is 13.4. The van der Waals surface area contributed by atoms with Crippen molar-refractivity contribution in [3.8, 4) is 5.69 Å². The first-order chi connectivity index (χ1) is 9.20. The molecule has 1 aromatic carbocycles. The van der Waals surface area contributed by atoms with Gasteiger partial charge in [0.2, 0.25) is 0 Å². The quantitative estimate of drug-likeness (QED) is 0.828. The number of hydrogen-bond acceptors (Lipinski definition) is 3. The van der Waals surface area contributed by atoms with Crippen LogP contribution < -0.4 is 5.32 Å². The Morgan fingerprint density at radius 1 is 1.42 bits per heavy atom. The number of halogens is 2. The van der Waals surface area contributed by atoms with Gasteiger partial charge in [0.1, 0.15) is 5.82 Å². The molecule has 102 valence electrons. The summed E-state index contributed by atoms with van der Waals surface area (Å²) in [7, 11) is 1.66. The normalized spacial score (nSPS) is 10.9. The molecule has 0 bridgehead atoms. The molecular weight excluding hydrogens is 269 g/mol. The zero-order chi connectivity index (χ0) is 13.7. The maximum Gasteiger partial charge on any atom is 0.143 e. The molecule has 6 heteroatoms. The molecule has 0 saturated heterocycles. The third kappa shape index (κ3) is 3.76. The smallest absolute Gasteiger partial charge is 0.143 e. The minimum absolute atomic E-state index is 0.109. The lowest BCUT2D eigenvalue weighted by molar-refractivity contribution is 0.199. The van der Waals surface area contributed by atoms with Crippen LogP contribution in [0.25, 0.3) is 5.69 Å². The van der Waals surface area contributed by atoms with Crippen LogP contribution in [0.4, 0.5) is 4.39 Å². The van der Waals surface area contributed by atoms with Gasteiger partial charge in [-0.25, -0.2) is 9.07 Å². The van der Waals surface area contributed by atoms with Gasteiger partial charge in [0.05, 0.1) is 23.0 Å². The van der Waals surface area contributed by atoms with Gasteiger partial charge in [0, 0.05) is 32.5 Å². The fourth-order valence-electron chi connectivity index (χ4n) is 1.62. The highest BCUT2D eigenvalue weighted by Gasteiger charge is 2.04. The number of aromatic nitrogens is 2. The van der Waals surface area contributed by atoms with E-state index in [1.807, 2.05) is 6.07 Å². The predicted octanol–water partition coefficient (Wildman–Crippen LogP) is 2.40. The van der Waals surface area contributed by atoms with E-state index in [0.29, 0.717) is 18.8 Å². The number of methoxy groups -OCH3 is 1. The predicted molar refractivity (Wildman–Crippen MR) is 72.1 cm³/mol. The van der Waals surface area contributed by atoms with Gasteiger partial charge in [-0.3, -0.25) is 0 Å². The van der Waals surface area contributed by atoms with Crippen LogP contribution in [-0.2, 0) is 11.3 Å². The lowest BCUT2D eigenvalue weighted by Gasteiger charge is -2.03. The van der Waals surface area contributed by atoms with Crippen molar-refractivity contribution in [3.05, 3.63) is 47.0 Å². The van der Waals surface area contributed by atoms with E-state index in [-0.39, 0.29) is 5.02 Å². The van der Waals surface area contributed by atoms with Crippen LogP contribution >= 0.6 is 11.6 Å². The molecule has 0 aliphatic heterocycles. The van der Waals surface area contributed by atoms with Crippen molar-refractivity contribution in [1.82, 2.24) is 15.1 Å². The zero-order valence-corrected chi connectivity index (χ0v) is 11.3. The van der Waals surface area contributed by atoms with Gasteiger partial charge in [-0.1, -0.05) is 11.6 Å². The molecule has 0 radical (unpaired) electrons. The summed E-state index contributed by atoms with van der Waals surface area (Å²) in [5.74, 6) is -0.450. The van der Waals surface area contributed by atoms with Crippen molar-refractivity contribution in [2.24, 2.45) is 0 Å². The largest absolute Gasteiger partial charge is 0.383 e. The van der Waals surface area contributed by atoms with E-state index < -0.39 is 5.82 Å². The van der Waals surface area contributed by atoms with Crippen molar-refractivity contribution in [2.45, 2.75) is 6.54 Å². The zero-order valence-electron chi connectivity index (χ0n) is 10.6. The molecule has 19 heavy (non-hydrogen) atoms. The van der Waals surface area contributed by atoms with Gasteiger partial charge < -0.3 is 10.1 Å². The molecule has 2 aromatic rings. The molecule has 0 atom stereocenters. The molecule has 1 aromatic heterocycles. The average Bonchev–Trinajstić information content (AvgIpc) is 2.87. The Bertz CT molecular complexity index is 544. The lowest BCUT2D eigenvalue weighted by Crippen LogP contribution is -2.18. The van der Waals surface area contributed by atoms with Crippen molar-refractivity contribution in [3.63, 3.8) is 0 Å². The number of nitrogens with one attached hydrogen (secondary N) is 1. The summed E-state index contributed by atoms with van der Waals surface area (Å²) in [6.07, 6.45) is 1.79. The highest BCUT2D eigenvalue weighted by molar-refractivity contribution is 6.30. The second-order valence-electron chi connectivity index (χ2n) is 4.02. The van der Waals surface area contributed by atoms with Crippen molar-refractivity contribution in [2.75, 3.05) is 20.3 Å². The number of benzene rings is 1. The Kier molecular flexibility index (Phi) is 4.90. The number of nitrogens with zero attached hydrogens (tertiary/aromatic N) is 2. The van der Waals surface area contributed by atoms with Gasteiger partial charge in [0.25, 0.3) is 0 Å². The first-order valence-corrected chi connectivity index (χ1v) is 6.28. The first kappa shape index (κ1) is 14.0. The summed E-state index contributed by atoms with van der Waals surface area (Å²) < 4.78 is 19.9. The van der Waals surface area contributed by atoms with Crippen molar-refractivity contribution < 1.29 is 9.13 Å². The number of ether oxygens (including phenoxy) is 1. The molecule has 1 heterocycles. The molecule has 0 aliphatic carbocycles. The van der Waals surface area contributed by atoms with Gasteiger partial charge in [0.15, 0.2) is 0 Å². The van der Waals surface area contributed by atoms with Gasteiger partial charge in [-0.05, 0) is 18.2 Å². The van der Waals surface area contributed by atoms with Gasteiger partial charge >= 0.3 is 0 Å². The summed E-state index contributed by atoms with van der Waals surface area (Å²) in [6.45, 7) is 2.06. The molecule has 1 N–H and O–H groups in total. The topological polar surface area (TPSA) is 39.1 Å². The van der Waals surface area contributed by atoms with E-state index in [2.05, 4.69) is 10.4 Å². The van der Waals surface area contributed by atoms with Crippen LogP contribution in [0.1, 0.15) is 5.69 Å². The van der Waals surface area contributed by atoms with Crippen LogP contribution in [-0.4, -0.2) is 30.0 Å². The fourth-order valence-corrected chi connectivity index (χ4v) is 1.74. The molecule has 2 rings (SSSR count). The molecule has 4 nitrogen and oxygen atoms in total. The summed E-state index contributed by atoms with van der Waals surface area (Å²) in [6, 6.07) is 6.48. The highest BCUT2D eigenvalue weighted by Crippen LogP contribution is 2.17. The molecule has 0 saturated carbocycles. The molecule has 0 spiro atoms. The van der Waals surface area contributed by atoms with Crippen LogP contribution in [0.5, 0.6) is 0 Å². The minimum atomic E-state index is -0.450. The average molecular weight is 284 g/mol. The molecule has 0 unspecified atom stereocenters. The van der Waals surface area contributed by atoms with Gasteiger partial charge in [-0.15, -0.1) is 0 Å². The Labute approximate surface area is 116 Å². The summed E-state index contributed by atoms with van der Waals surface area (Å²) in [5, 5.41) is 7.65. The standard InChI is InChI=1S/C13H15ClFN3O/c1-19-7-5-16-9-10-4-6-18(17-10)11-2-3-12(14)13(15)8-11/h2-4,6,8,16H,5,7,9H2,1H3. The van der Waals surface area contributed by atoms with E-state index in [1.54, 1.807) is 24.1 Å². The lowest BCUT2D eigenvalue weighted by atomic mass is 10.3. The first-order valence-electron chi connectivity index (χ1n) is 5.90. The van der Waals surface area contributed by atoms with Crippen LogP contribution in [0, 0.1) is 5.82 Å². The Morgan fingerprint density at radius 2 is 2.26 bits per heavy atom. The van der Waals surface area contributed by atoms with Crippen LogP contribution in [0.15, 0.2) is 30.5 Å². The van der Waals surface area contributed by atoms with E-state index >= 15 is 0 Å². The van der Waals surface area contributed by atoms with E-state index in [0.717, 1.165) is 12.2 Å². The van der Waals surface area contributed by atoms with E-state index in [4.69, 9.17) is 16.3 Å². The number of rotatable bonds is 6. The Hall–Kier alpha value is -1.43. The SMILES string of the molecule is COCCNCc1ccn(-c2ccc(Cl)c(F)c2)n1. The molecule has 0 fully saturated rings. The molecule has 0 aliphatic rings. The summed E-state index contributed by atoms with van der Waals surface area (Å²) >= 11 is 5.65. The maximum atomic E-state index is 13.4. The second kappa shape index (κ2) is 6.65. The van der Waals surface area contributed by atoms with Crippen molar-refractivity contribution >= 4 is 11.6 Å². The molecular formula is C13H15ClFN3O. The minimum Gasteiger partial charge on any atom is -0.383 e. The summed E-state index contributed by atoms with van der Waals surface area (Å²) in [5.41, 5.74) is 1.52. The highest BCUT2D eigenvalue weighted by atomic mass is 35.5. The third-order valence-corrected chi connectivity index (χ3v) is 2.91. The Balaban J connectivity index is 2.01. The summed E-state index contributed by atoms with van der Waals surface area (Å²) in [4.78, 5) is 0. The Morgan fingerprint density at radius 3 is 3.00 bits per heavy atom. The van der Waals surface area contributed by atoms with Crippen molar-refractivity contribution in [1.29, 1.82) is 0 Å². The van der Waals surface area contributed by atoms with Crippen LogP contribution in [0.2, 0.25) is 5.02 Å². The second-order valence-corrected chi connectivity index (χ2v) is 4.43. The van der Waals surface area contributed by atoms with E-state index in [1.165, 1.54) is 12.1 Å². The van der Waals surface area contributed by atoms with Gasteiger partial charge in [-0.2, -0.15) is 5.10 Å². The fraction of sp³-hybridized carbons (Fsp3) is 0.308. The monoisotopic (exact) mass is 283 g/mol. The number of hydrogen-bond donors (Lipinski definition) is 1. The van der Waals surface area contributed by atoms with E-state index in [9.17, 15) is 4.39 Å². The van der Waals surface area contributed by atoms with Crippen LogP contribution in [0.3, 0.4) is 0 Å².